The highest BCUT2D eigenvalue weighted by molar-refractivity contribution is 6.05. The van der Waals surface area contributed by atoms with Gasteiger partial charge >= 0.3 is 6.18 Å². The smallest absolute Gasteiger partial charge is 0.409 e. The summed E-state index contributed by atoms with van der Waals surface area (Å²) in [6.07, 6.45) is -6.03. The first kappa shape index (κ1) is 21.9. The maximum absolute atomic E-state index is 13.8. The monoisotopic (exact) mass is 449 g/mol. The molecule has 2 aromatic carbocycles. The van der Waals surface area contributed by atoms with E-state index in [0.717, 1.165) is 0 Å². The van der Waals surface area contributed by atoms with E-state index in [1.54, 1.807) is 36.2 Å². The third-order valence-corrected chi connectivity index (χ3v) is 5.26. The number of carbonyl (C=O) groups excluding carboxylic acids is 2. The number of hydrogen-bond acceptors (Lipinski definition) is 5. The molecule has 2 atom stereocenters. The van der Waals surface area contributed by atoms with Crippen LogP contribution in [-0.4, -0.2) is 61.8 Å². The molecule has 2 aromatic rings. The Morgan fingerprint density at radius 1 is 1.16 bits per heavy atom. The van der Waals surface area contributed by atoms with E-state index >= 15 is 0 Å². The number of amides is 2. The van der Waals surface area contributed by atoms with Crippen molar-refractivity contribution in [2.75, 3.05) is 37.0 Å². The zero-order chi connectivity index (χ0) is 22.9. The summed E-state index contributed by atoms with van der Waals surface area (Å²) in [4.78, 5) is 27.4. The summed E-state index contributed by atoms with van der Waals surface area (Å²) in [5.41, 5.74) is 0.186. The Balaban J connectivity index is 1.51. The first-order valence-corrected chi connectivity index (χ1v) is 10.1. The molecule has 4 rings (SSSR count). The minimum Gasteiger partial charge on any atom is -0.486 e. The Labute approximate surface area is 182 Å². The number of carbonyl (C=O) groups is 2. The lowest BCUT2D eigenvalue weighted by atomic mass is 10.1. The van der Waals surface area contributed by atoms with Gasteiger partial charge in [0.2, 0.25) is 11.8 Å². The zero-order valence-corrected chi connectivity index (χ0v) is 17.3. The van der Waals surface area contributed by atoms with Gasteiger partial charge in [0.05, 0.1) is 24.3 Å². The average molecular weight is 449 g/mol. The van der Waals surface area contributed by atoms with E-state index in [1.165, 1.54) is 18.2 Å². The quantitative estimate of drug-likeness (QED) is 0.777. The molecule has 10 heteroatoms. The van der Waals surface area contributed by atoms with Crippen molar-refractivity contribution in [1.29, 1.82) is 0 Å². The minimum atomic E-state index is -4.77. The fourth-order valence-electron chi connectivity index (χ4n) is 3.87. The van der Waals surface area contributed by atoms with Crippen molar-refractivity contribution in [3.05, 3.63) is 48.5 Å². The molecule has 2 amide bonds. The number of alkyl halides is 3. The van der Waals surface area contributed by atoms with Crippen LogP contribution < -0.4 is 19.7 Å². The molecule has 0 fully saturated rings. The first-order valence-electron chi connectivity index (χ1n) is 10.1. The summed E-state index contributed by atoms with van der Waals surface area (Å²) in [6.45, 7) is 0.228. The fourth-order valence-corrected chi connectivity index (χ4v) is 3.87. The van der Waals surface area contributed by atoms with E-state index in [1.807, 2.05) is 6.07 Å². The molecule has 0 saturated heterocycles. The third-order valence-electron chi connectivity index (χ3n) is 5.26. The summed E-state index contributed by atoms with van der Waals surface area (Å²) in [7, 11) is 1.62. The lowest BCUT2D eigenvalue weighted by Gasteiger charge is -2.34. The Morgan fingerprint density at radius 2 is 1.84 bits per heavy atom. The van der Waals surface area contributed by atoms with Crippen LogP contribution in [0.2, 0.25) is 0 Å². The zero-order valence-electron chi connectivity index (χ0n) is 17.3. The highest BCUT2D eigenvalue weighted by Gasteiger charge is 2.49. The van der Waals surface area contributed by atoms with Crippen LogP contribution in [0.15, 0.2) is 48.5 Å². The van der Waals surface area contributed by atoms with Gasteiger partial charge in [0, 0.05) is 6.54 Å². The van der Waals surface area contributed by atoms with Gasteiger partial charge in [-0.25, -0.2) is 0 Å². The molecule has 0 aromatic heterocycles. The van der Waals surface area contributed by atoms with Crippen LogP contribution in [0, 0.1) is 0 Å². The number of rotatable bonds is 4. The molecule has 0 aliphatic carbocycles. The summed E-state index contributed by atoms with van der Waals surface area (Å²) < 4.78 is 53.0. The molecule has 0 spiro atoms. The molecule has 2 aliphatic rings. The predicted molar refractivity (Wildman–Crippen MR) is 111 cm³/mol. The lowest BCUT2D eigenvalue weighted by molar-refractivity contribution is -0.158. The Morgan fingerprint density at radius 3 is 2.59 bits per heavy atom. The number of likely N-dealkylation sites (N-methyl/N-ethyl adjacent to an activating group) is 1. The first-order chi connectivity index (χ1) is 15.2. The van der Waals surface area contributed by atoms with Crippen LogP contribution in [-0.2, 0) is 9.59 Å². The predicted octanol–water partition coefficient (Wildman–Crippen LogP) is 3.06. The summed E-state index contributed by atoms with van der Waals surface area (Å²) in [5, 5.41) is 2.45. The average Bonchev–Trinajstić information content (AvgIpc) is 2.89. The van der Waals surface area contributed by atoms with Gasteiger partial charge in [-0.05, 0) is 31.3 Å². The SMILES string of the molecule is CN(CC(=O)N1c2ccccc2NC(=O)C[C@H]1C(F)(F)F)C[C@@H]1COc2ccccc2O1. The van der Waals surface area contributed by atoms with Crippen molar-refractivity contribution in [3.8, 4) is 11.5 Å². The van der Waals surface area contributed by atoms with E-state index in [2.05, 4.69) is 5.32 Å². The fraction of sp³-hybridized carbons (Fsp3) is 0.364. The van der Waals surface area contributed by atoms with Crippen molar-refractivity contribution in [1.82, 2.24) is 4.90 Å². The van der Waals surface area contributed by atoms with E-state index < -0.39 is 30.5 Å². The van der Waals surface area contributed by atoms with Gasteiger partial charge in [0.15, 0.2) is 11.5 Å². The van der Waals surface area contributed by atoms with Crippen LogP contribution >= 0.6 is 0 Å². The van der Waals surface area contributed by atoms with Gasteiger partial charge < -0.3 is 14.8 Å². The molecule has 170 valence electrons. The topological polar surface area (TPSA) is 71.1 Å². The second-order valence-electron chi connectivity index (χ2n) is 7.78. The molecule has 0 saturated carbocycles. The number of fused-ring (bicyclic) bond motifs is 2. The normalized spacial score (nSPS) is 20.4. The standard InChI is InChI=1S/C22H22F3N3O4/c1-27(11-14-13-31-17-8-4-5-9-18(17)32-14)12-21(30)28-16-7-3-2-6-15(16)26-20(29)10-19(28)22(23,24)25/h2-9,14,19H,10-13H2,1H3,(H,26,29)/t14-,19+/m1/s1. The summed E-state index contributed by atoms with van der Waals surface area (Å²) >= 11 is 0. The van der Waals surface area contributed by atoms with Crippen LogP contribution in [0.3, 0.4) is 0 Å². The number of benzene rings is 2. The molecule has 1 N–H and O–H groups in total. The van der Waals surface area contributed by atoms with E-state index in [9.17, 15) is 22.8 Å². The van der Waals surface area contributed by atoms with Crippen LogP contribution in [0.5, 0.6) is 11.5 Å². The number of para-hydroxylation sites is 4. The Kier molecular flexibility index (Phi) is 5.96. The third kappa shape index (κ3) is 4.64. The molecule has 2 aliphatic heterocycles. The number of nitrogens with one attached hydrogen (secondary N) is 1. The molecule has 32 heavy (non-hydrogen) atoms. The van der Waals surface area contributed by atoms with Crippen molar-refractivity contribution in [2.45, 2.75) is 24.7 Å². The Bertz CT molecular complexity index is 1010. The number of anilines is 2. The van der Waals surface area contributed by atoms with Gasteiger partial charge in [-0.3, -0.25) is 19.4 Å². The van der Waals surface area contributed by atoms with Crippen molar-refractivity contribution in [2.24, 2.45) is 0 Å². The molecular weight excluding hydrogens is 427 g/mol. The minimum absolute atomic E-state index is 0.0188. The highest BCUT2D eigenvalue weighted by Crippen LogP contribution is 2.38. The largest absolute Gasteiger partial charge is 0.486 e. The molecule has 0 bridgehead atoms. The van der Waals surface area contributed by atoms with Crippen LogP contribution in [0.1, 0.15) is 6.42 Å². The van der Waals surface area contributed by atoms with E-state index in [4.69, 9.17) is 9.47 Å². The molecule has 0 unspecified atom stereocenters. The van der Waals surface area contributed by atoms with Crippen LogP contribution in [0.4, 0.5) is 24.5 Å². The number of nitrogens with zero attached hydrogens (tertiary/aromatic N) is 2. The number of ether oxygens (including phenoxy) is 2. The molecular formula is C22H22F3N3O4. The van der Waals surface area contributed by atoms with Gasteiger partial charge in [-0.15, -0.1) is 0 Å². The lowest BCUT2D eigenvalue weighted by Crippen LogP contribution is -2.53. The van der Waals surface area contributed by atoms with Gasteiger partial charge in [-0.2, -0.15) is 13.2 Å². The van der Waals surface area contributed by atoms with Crippen LogP contribution in [0.25, 0.3) is 0 Å². The molecule has 2 heterocycles. The van der Waals surface area contributed by atoms with Crippen molar-refractivity contribution in [3.63, 3.8) is 0 Å². The second-order valence-corrected chi connectivity index (χ2v) is 7.78. The van der Waals surface area contributed by atoms with Crippen molar-refractivity contribution < 1.29 is 32.2 Å². The summed E-state index contributed by atoms with van der Waals surface area (Å²) in [5.74, 6) is -0.369. The van der Waals surface area contributed by atoms with Gasteiger partial charge in [0.25, 0.3) is 0 Å². The van der Waals surface area contributed by atoms with E-state index in [0.29, 0.717) is 16.4 Å². The highest BCUT2D eigenvalue weighted by atomic mass is 19.4. The summed E-state index contributed by atoms with van der Waals surface area (Å²) in [6, 6.07) is 10.9. The van der Waals surface area contributed by atoms with Crippen molar-refractivity contribution >= 4 is 23.2 Å². The maximum atomic E-state index is 13.8. The number of hydrogen-bond donors (Lipinski definition) is 1. The molecule has 7 nitrogen and oxygen atoms in total. The Hall–Kier alpha value is -3.27. The number of halogens is 3. The maximum Gasteiger partial charge on any atom is 0.409 e. The molecule has 0 radical (unpaired) electrons. The van der Waals surface area contributed by atoms with Gasteiger partial charge in [0.1, 0.15) is 18.8 Å². The second kappa shape index (κ2) is 8.70. The van der Waals surface area contributed by atoms with Gasteiger partial charge in [-0.1, -0.05) is 24.3 Å². The van der Waals surface area contributed by atoms with E-state index in [-0.39, 0.29) is 37.2 Å².